The highest BCUT2D eigenvalue weighted by Gasteiger charge is 2.10. The van der Waals surface area contributed by atoms with Crippen LogP contribution in [0.5, 0.6) is 5.75 Å². The smallest absolute Gasteiger partial charge is 0.219 e. The van der Waals surface area contributed by atoms with Crippen molar-refractivity contribution in [3.8, 4) is 5.75 Å². The maximum Gasteiger partial charge on any atom is 0.219 e. The Labute approximate surface area is 152 Å². The molecule has 134 valence electrons. The highest BCUT2D eigenvalue weighted by molar-refractivity contribution is 5.91. The molecule has 1 aromatic heterocycles. The Morgan fingerprint density at radius 3 is 2.65 bits per heavy atom. The van der Waals surface area contributed by atoms with Gasteiger partial charge in [-0.3, -0.25) is 4.79 Å². The minimum absolute atomic E-state index is 0.0302. The number of ether oxygens (including phenoxy) is 1. The lowest BCUT2D eigenvalue weighted by molar-refractivity contribution is -0.120. The number of carbonyl (C=O) groups excluding carboxylic acids is 1. The highest BCUT2D eigenvalue weighted by atomic mass is 16.5. The molecular formula is C20H22N4O2. The number of nitrogens with zero attached hydrogens (tertiary/aromatic N) is 3. The number of hydrogen-bond donors (Lipinski definition) is 1. The lowest BCUT2D eigenvalue weighted by Crippen LogP contribution is -2.18. The van der Waals surface area contributed by atoms with Crippen molar-refractivity contribution in [2.24, 2.45) is 0 Å². The zero-order valence-corrected chi connectivity index (χ0v) is 15.0. The molecule has 0 aliphatic rings. The zero-order valence-electron chi connectivity index (χ0n) is 15.0. The summed E-state index contributed by atoms with van der Waals surface area (Å²) < 4.78 is 5.69. The number of amides is 1. The minimum Gasteiger partial charge on any atom is -0.494 e. The molecular weight excluding hydrogens is 328 g/mol. The van der Waals surface area contributed by atoms with Crippen LogP contribution in [0.15, 0.2) is 54.9 Å². The summed E-state index contributed by atoms with van der Waals surface area (Å²) >= 11 is 0. The molecule has 0 aliphatic heterocycles. The summed E-state index contributed by atoms with van der Waals surface area (Å²) in [5, 5.41) is 3.61. The van der Waals surface area contributed by atoms with Gasteiger partial charge in [-0.2, -0.15) is 0 Å². The Hall–Kier alpha value is -3.15. The van der Waals surface area contributed by atoms with Crippen molar-refractivity contribution in [3.63, 3.8) is 0 Å². The van der Waals surface area contributed by atoms with Crippen LogP contribution in [0.1, 0.15) is 12.8 Å². The van der Waals surface area contributed by atoms with Gasteiger partial charge in [-0.05, 0) is 42.8 Å². The Kier molecular flexibility index (Phi) is 5.63. The van der Waals surface area contributed by atoms with E-state index in [0.717, 1.165) is 28.2 Å². The quantitative estimate of drug-likeness (QED) is 0.662. The number of hydrogen-bond acceptors (Lipinski definition) is 5. The lowest BCUT2D eigenvalue weighted by atomic mass is 10.2. The number of carbonyl (C=O) groups is 1. The number of aromatic nitrogens is 2. The van der Waals surface area contributed by atoms with Gasteiger partial charge in [0.15, 0.2) is 0 Å². The molecule has 3 rings (SSSR count). The summed E-state index contributed by atoms with van der Waals surface area (Å²) in [5.41, 5.74) is 1.92. The van der Waals surface area contributed by atoms with Crippen molar-refractivity contribution >= 4 is 28.3 Å². The molecule has 0 unspecified atom stereocenters. The van der Waals surface area contributed by atoms with E-state index in [1.54, 1.807) is 13.4 Å². The molecule has 0 aliphatic carbocycles. The zero-order chi connectivity index (χ0) is 18.4. The third-order valence-electron chi connectivity index (χ3n) is 4.16. The number of fused-ring (bicyclic) bond motifs is 1. The van der Waals surface area contributed by atoms with Crippen LogP contribution in [0.4, 0.5) is 11.5 Å². The standard InChI is InChI=1S/C20H22N4O2/c1-21-19(25)8-5-13-26-16-11-9-15(10-12-16)24(2)20-17-6-3-4-7-18(17)22-14-23-20/h3-4,6-7,9-12,14H,5,8,13H2,1-2H3,(H,21,25). The van der Waals surface area contributed by atoms with Gasteiger partial charge in [0.1, 0.15) is 17.9 Å². The molecule has 0 spiro atoms. The van der Waals surface area contributed by atoms with E-state index in [1.165, 1.54) is 0 Å². The first-order valence-electron chi connectivity index (χ1n) is 8.56. The Morgan fingerprint density at radius 1 is 1.12 bits per heavy atom. The Bertz CT molecular complexity index is 875. The Morgan fingerprint density at radius 2 is 1.88 bits per heavy atom. The Balaban J connectivity index is 1.67. The molecule has 0 atom stereocenters. The van der Waals surface area contributed by atoms with Crippen molar-refractivity contribution in [2.75, 3.05) is 25.6 Å². The van der Waals surface area contributed by atoms with E-state index in [0.29, 0.717) is 19.4 Å². The minimum atomic E-state index is 0.0302. The first-order valence-corrected chi connectivity index (χ1v) is 8.56. The molecule has 0 radical (unpaired) electrons. The van der Waals surface area contributed by atoms with Gasteiger partial charge >= 0.3 is 0 Å². The second-order valence-corrected chi connectivity index (χ2v) is 5.89. The maximum atomic E-state index is 11.2. The highest BCUT2D eigenvalue weighted by Crippen LogP contribution is 2.28. The second kappa shape index (κ2) is 8.29. The van der Waals surface area contributed by atoms with E-state index < -0.39 is 0 Å². The van der Waals surface area contributed by atoms with Gasteiger partial charge in [0.25, 0.3) is 0 Å². The molecule has 0 fully saturated rings. The molecule has 26 heavy (non-hydrogen) atoms. The molecule has 2 aromatic carbocycles. The van der Waals surface area contributed by atoms with Crippen molar-refractivity contribution in [2.45, 2.75) is 12.8 Å². The van der Waals surface area contributed by atoms with E-state index in [2.05, 4.69) is 15.3 Å². The van der Waals surface area contributed by atoms with Crippen LogP contribution in [0.2, 0.25) is 0 Å². The average Bonchev–Trinajstić information content (AvgIpc) is 2.70. The monoisotopic (exact) mass is 350 g/mol. The van der Waals surface area contributed by atoms with Gasteiger partial charge in [-0.25, -0.2) is 9.97 Å². The molecule has 1 amide bonds. The van der Waals surface area contributed by atoms with Gasteiger partial charge in [0.2, 0.25) is 5.91 Å². The maximum absolute atomic E-state index is 11.2. The topological polar surface area (TPSA) is 67.3 Å². The van der Waals surface area contributed by atoms with Crippen LogP contribution in [0.3, 0.4) is 0 Å². The molecule has 0 saturated carbocycles. The number of nitrogens with one attached hydrogen (secondary N) is 1. The summed E-state index contributed by atoms with van der Waals surface area (Å²) in [4.78, 5) is 22.0. The summed E-state index contributed by atoms with van der Waals surface area (Å²) in [6.45, 7) is 0.513. The summed E-state index contributed by atoms with van der Waals surface area (Å²) in [6.07, 6.45) is 2.74. The van der Waals surface area contributed by atoms with Crippen molar-refractivity contribution < 1.29 is 9.53 Å². The van der Waals surface area contributed by atoms with Crippen LogP contribution < -0.4 is 15.0 Å². The second-order valence-electron chi connectivity index (χ2n) is 5.89. The number of anilines is 2. The molecule has 1 N–H and O–H groups in total. The fourth-order valence-electron chi connectivity index (χ4n) is 2.69. The predicted molar refractivity (Wildman–Crippen MR) is 103 cm³/mol. The van der Waals surface area contributed by atoms with Crippen LogP contribution in [0, 0.1) is 0 Å². The molecule has 0 saturated heterocycles. The third-order valence-corrected chi connectivity index (χ3v) is 4.16. The molecule has 3 aromatic rings. The molecule has 6 nitrogen and oxygen atoms in total. The van der Waals surface area contributed by atoms with E-state index in [4.69, 9.17) is 4.74 Å². The van der Waals surface area contributed by atoms with Gasteiger partial charge in [0.05, 0.1) is 12.1 Å². The fourth-order valence-corrected chi connectivity index (χ4v) is 2.69. The first-order chi connectivity index (χ1) is 12.7. The van der Waals surface area contributed by atoms with E-state index in [-0.39, 0.29) is 5.91 Å². The summed E-state index contributed by atoms with van der Waals surface area (Å²) in [7, 11) is 3.62. The number of rotatable bonds is 7. The predicted octanol–water partition coefficient (Wildman–Crippen LogP) is 3.30. The lowest BCUT2D eigenvalue weighted by Gasteiger charge is -2.20. The fraction of sp³-hybridized carbons (Fsp3) is 0.250. The molecule has 0 bridgehead atoms. The number of benzene rings is 2. The first kappa shape index (κ1) is 17.7. The van der Waals surface area contributed by atoms with Crippen LogP contribution in [-0.2, 0) is 4.79 Å². The van der Waals surface area contributed by atoms with Crippen LogP contribution in [-0.4, -0.2) is 36.6 Å². The SMILES string of the molecule is CNC(=O)CCCOc1ccc(N(C)c2ncnc3ccccc23)cc1. The average molecular weight is 350 g/mol. The van der Waals surface area contributed by atoms with Gasteiger partial charge in [-0.1, -0.05) is 12.1 Å². The number of para-hydroxylation sites is 1. The molecule has 1 heterocycles. The summed E-state index contributed by atoms with van der Waals surface area (Å²) in [6, 6.07) is 15.8. The van der Waals surface area contributed by atoms with E-state index >= 15 is 0 Å². The third kappa shape index (κ3) is 4.08. The van der Waals surface area contributed by atoms with E-state index in [9.17, 15) is 4.79 Å². The largest absolute Gasteiger partial charge is 0.494 e. The molecule has 6 heteroatoms. The van der Waals surface area contributed by atoms with Gasteiger partial charge < -0.3 is 15.0 Å². The van der Waals surface area contributed by atoms with Crippen LogP contribution in [0.25, 0.3) is 10.9 Å². The van der Waals surface area contributed by atoms with Gasteiger partial charge in [0, 0.05) is 31.6 Å². The van der Waals surface area contributed by atoms with Crippen molar-refractivity contribution in [1.29, 1.82) is 0 Å². The van der Waals surface area contributed by atoms with E-state index in [1.807, 2.05) is 60.5 Å². The van der Waals surface area contributed by atoms with Crippen molar-refractivity contribution in [1.82, 2.24) is 15.3 Å². The van der Waals surface area contributed by atoms with Crippen LogP contribution >= 0.6 is 0 Å². The van der Waals surface area contributed by atoms with Gasteiger partial charge in [-0.15, -0.1) is 0 Å². The summed E-state index contributed by atoms with van der Waals surface area (Å²) in [5.74, 6) is 1.67. The normalized spacial score (nSPS) is 10.5. The van der Waals surface area contributed by atoms with Crippen molar-refractivity contribution in [3.05, 3.63) is 54.9 Å².